The van der Waals surface area contributed by atoms with E-state index in [1.165, 1.54) is 16.6 Å². The summed E-state index contributed by atoms with van der Waals surface area (Å²) in [7, 11) is 1.56. The lowest BCUT2D eigenvalue weighted by molar-refractivity contribution is 0.252. The molecular weight excluding hydrogens is 348 g/mol. The lowest BCUT2D eigenvalue weighted by atomic mass is 10.1. The van der Waals surface area contributed by atoms with Crippen LogP contribution in [0.1, 0.15) is 23.4 Å². The number of urea groups is 1. The monoisotopic (exact) mass is 370 g/mol. The Labute approximate surface area is 156 Å². The number of aromatic amines is 1. The van der Waals surface area contributed by atoms with Crippen LogP contribution in [-0.4, -0.2) is 50.1 Å². The van der Waals surface area contributed by atoms with E-state index in [4.69, 9.17) is 4.74 Å². The summed E-state index contributed by atoms with van der Waals surface area (Å²) in [6.45, 7) is 4.53. The molecule has 0 spiro atoms. The summed E-state index contributed by atoms with van der Waals surface area (Å²) in [6.07, 6.45) is 3.15. The molecule has 0 atom stereocenters. The first-order valence-corrected chi connectivity index (χ1v) is 8.54. The van der Waals surface area contributed by atoms with Gasteiger partial charge in [0.1, 0.15) is 12.1 Å². The molecule has 10 nitrogen and oxygen atoms in total. The highest BCUT2D eigenvalue weighted by Crippen LogP contribution is 2.22. The van der Waals surface area contributed by atoms with Gasteiger partial charge in [-0.15, -0.1) is 5.10 Å². The second-order valence-corrected chi connectivity index (χ2v) is 6.07. The zero-order valence-electron chi connectivity index (χ0n) is 15.5. The maximum Gasteiger partial charge on any atom is 0.319 e. The lowest BCUT2D eigenvalue weighted by Gasteiger charge is -2.11. The average molecular weight is 370 g/mol. The highest BCUT2D eigenvalue weighted by atomic mass is 16.5. The number of carbonyl (C=O) groups is 1. The average Bonchev–Trinajstić information content (AvgIpc) is 3.30. The van der Waals surface area contributed by atoms with Gasteiger partial charge in [0.2, 0.25) is 0 Å². The Balaban J connectivity index is 1.55. The minimum atomic E-state index is -0.286. The molecule has 0 saturated carbocycles. The number of aromatic nitrogens is 6. The topological polar surface area (TPSA) is 123 Å². The van der Waals surface area contributed by atoms with E-state index < -0.39 is 0 Å². The van der Waals surface area contributed by atoms with Gasteiger partial charge >= 0.3 is 6.03 Å². The molecule has 0 aliphatic heterocycles. The van der Waals surface area contributed by atoms with Crippen LogP contribution in [0.25, 0.3) is 5.69 Å². The zero-order valence-corrected chi connectivity index (χ0v) is 15.5. The molecule has 0 fully saturated rings. The first kappa shape index (κ1) is 18.4. The van der Waals surface area contributed by atoms with Crippen molar-refractivity contribution in [2.24, 2.45) is 0 Å². The molecule has 142 valence electrons. The fourth-order valence-corrected chi connectivity index (χ4v) is 2.77. The van der Waals surface area contributed by atoms with Crippen LogP contribution in [0.2, 0.25) is 0 Å². The standard InChI is InChI=1S/C17H22N8O2/c1-11-16(12(2)22-21-11)5-4-6-18-17(26)20-13-7-14(9-15(8-13)27-3)25-10-19-23-24-25/h7-10H,4-6H2,1-3H3,(H,21,22)(H2,18,20,26). The predicted octanol–water partition coefficient (Wildman–Crippen LogP) is 1.77. The quantitative estimate of drug-likeness (QED) is 0.545. The van der Waals surface area contributed by atoms with Crippen molar-refractivity contribution in [2.75, 3.05) is 19.0 Å². The van der Waals surface area contributed by atoms with Crippen LogP contribution >= 0.6 is 0 Å². The van der Waals surface area contributed by atoms with Gasteiger partial charge in [-0.3, -0.25) is 5.10 Å². The summed E-state index contributed by atoms with van der Waals surface area (Å²) in [5.41, 5.74) is 4.54. The van der Waals surface area contributed by atoms with Crippen LogP contribution in [0.3, 0.4) is 0 Å². The summed E-state index contributed by atoms with van der Waals surface area (Å²) in [6, 6.07) is 4.98. The number of tetrazole rings is 1. The van der Waals surface area contributed by atoms with Gasteiger partial charge in [0.15, 0.2) is 0 Å². The lowest BCUT2D eigenvalue weighted by Crippen LogP contribution is -2.29. The molecule has 0 radical (unpaired) electrons. The number of ether oxygens (including phenoxy) is 1. The van der Waals surface area contributed by atoms with Crippen LogP contribution in [0.15, 0.2) is 24.5 Å². The molecule has 10 heteroatoms. The fraction of sp³-hybridized carbons (Fsp3) is 0.353. The van der Waals surface area contributed by atoms with Crippen molar-refractivity contribution < 1.29 is 9.53 Å². The molecule has 3 N–H and O–H groups in total. The van der Waals surface area contributed by atoms with Gasteiger partial charge in [0.05, 0.1) is 18.5 Å². The molecule has 0 aliphatic rings. The number of carbonyl (C=O) groups excluding carboxylic acids is 1. The van der Waals surface area contributed by atoms with Crippen molar-refractivity contribution in [1.82, 2.24) is 35.7 Å². The fourth-order valence-electron chi connectivity index (χ4n) is 2.77. The number of nitrogens with zero attached hydrogens (tertiary/aromatic N) is 5. The number of rotatable bonds is 7. The molecule has 3 rings (SSSR count). The Morgan fingerprint density at radius 3 is 2.81 bits per heavy atom. The number of H-pyrrole nitrogens is 1. The van der Waals surface area contributed by atoms with Gasteiger partial charge in [-0.25, -0.2) is 9.48 Å². The summed E-state index contributed by atoms with van der Waals surface area (Å²) in [4.78, 5) is 12.2. The normalized spacial score (nSPS) is 10.6. The second kappa shape index (κ2) is 8.30. The number of benzene rings is 1. The molecular formula is C17H22N8O2. The number of aryl methyl sites for hydroxylation is 2. The van der Waals surface area contributed by atoms with Crippen molar-refractivity contribution in [3.63, 3.8) is 0 Å². The third-order valence-corrected chi connectivity index (χ3v) is 4.17. The zero-order chi connectivity index (χ0) is 19.2. The van der Waals surface area contributed by atoms with Crippen molar-refractivity contribution in [1.29, 1.82) is 0 Å². The Morgan fingerprint density at radius 2 is 2.15 bits per heavy atom. The Hall–Kier alpha value is -3.43. The Kier molecular flexibility index (Phi) is 5.64. The maximum atomic E-state index is 12.2. The van der Waals surface area contributed by atoms with Crippen molar-refractivity contribution in [3.8, 4) is 11.4 Å². The van der Waals surface area contributed by atoms with E-state index in [1.807, 2.05) is 13.8 Å². The number of methoxy groups -OCH3 is 1. The maximum absolute atomic E-state index is 12.2. The van der Waals surface area contributed by atoms with Gasteiger partial charge in [0, 0.05) is 30.1 Å². The van der Waals surface area contributed by atoms with Gasteiger partial charge in [-0.1, -0.05) is 0 Å². The first-order chi connectivity index (χ1) is 13.1. The van der Waals surface area contributed by atoms with Crippen molar-refractivity contribution in [2.45, 2.75) is 26.7 Å². The van der Waals surface area contributed by atoms with E-state index in [1.54, 1.807) is 25.3 Å². The van der Waals surface area contributed by atoms with Gasteiger partial charge in [0.25, 0.3) is 0 Å². The number of hydrogen-bond acceptors (Lipinski definition) is 6. The van der Waals surface area contributed by atoms with E-state index in [9.17, 15) is 4.79 Å². The Bertz CT molecular complexity index is 884. The van der Waals surface area contributed by atoms with Crippen LogP contribution in [0.4, 0.5) is 10.5 Å². The predicted molar refractivity (Wildman–Crippen MR) is 99.1 cm³/mol. The molecule has 0 bridgehead atoms. The molecule has 2 aromatic heterocycles. The molecule has 2 heterocycles. The minimum Gasteiger partial charge on any atom is -0.497 e. The van der Waals surface area contributed by atoms with Crippen LogP contribution < -0.4 is 15.4 Å². The number of hydrogen-bond donors (Lipinski definition) is 3. The van der Waals surface area contributed by atoms with Crippen LogP contribution in [0.5, 0.6) is 5.75 Å². The van der Waals surface area contributed by atoms with Gasteiger partial charge in [-0.2, -0.15) is 5.10 Å². The molecule has 27 heavy (non-hydrogen) atoms. The van der Waals surface area contributed by atoms with Gasteiger partial charge in [-0.05, 0) is 48.7 Å². The molecule has 1 aromatic carbocycles. The molecule has 0 aliphatic carbocycles. The second-order valence-electron chi connectivity index (χ2n) is 6.07. The SMILES string of the molecule is COc1cc(NC(=O)NCCCc2c(C)n[nH]c2C)cc(-n2cnnn2)c1. The third-order valence-electron chi connectivity index (χ3n) is 4.17. The molecule has 0 saturated heterocycles. The summed E-state index contributed by atoms with van der Waals surface area (Å²) in [5, 5.41) is 23.9. The van der Waals surface area contributed by atoms with E-state index in [2.05, 4.69) is 36.4 Å². The van der Waals surface area contributed by atoms with Crippen LogP contribution in [-0.2, 0) is 6.42 Å². The number of anilines is 1. The van der Waals surface area contributed by atoms with E-state index in [-0.39, 0.29) is 6.03 Å². The summed E-state index contributed by atoms with van der Waals surface area (Å²) < 4.78 is 6.76. The highest BCUT2D eigenvalue weighted by molar-refractivity contribution is 5.89. The van der Waals surface area contributed by atoms with E-state index >= 15 is 0 Å². The summed E-state index contributed by atoms with van der Waals surface area (Å²) >= 11 is 0. The van der Waals surface area contributed by atoms with E-state index in [0.29, 0.717) is 23.7 Å². The molecule has 3 aromatic rings. The van der Waals surface area contributed by atoms with Gasteiger partial charge < -0.3 is 15.4 Å². The summed E-state index contributed by atoms with van der Waals surface area (Å²) in [5.74, 6) is 0.587. The minimum absolute atomic E-state index is 0.286. The van der Waals surface area contributed by atoms with Crippen molar-refractivity contribution in [3.05, 3.63) is 41.5 Å². The molecule has 2 amide bonds. The van der Waals surface area contributed by atoms with E-state index in [0.717, 1.165) is 24.2 Å². The Morgan fingerprint density at radius 1 is 1.30 bits per heavy atom. The number of amides is 2. The van der Waals surface area contributed by atoms with Crippen LogP contribution in [0, 0.1) is 13.8 Å². The smallest absolute Gasteiger partial charge is 0.319 e. The van der Waals surface area contributed by atoms with Crippen molar-refractivity contribution >= 4 is 11.7 Å². The highest BCUT2D eigenvalue weighted by Gasteiger charge is 2.09. The third kappa shape index (κ3) is 4.60. The largest absolute Gasteiger partial charge is 0.497 e. The number of nitrogens with one attached hydrogen (secondary N) is 3. The first-order valence-electron chi connectivity index (χ1n) is 8.54. The molecule has 0 unspecified atom stereocenters.